The molecule has 0 radical (unpaired) electrons. The first-order valence-corrected chi connectivity index (χ1v) is 12.4. The Morgan fingerprint density at radius 2 is 2.03 bits per heavy atom. The summed E-state index contributed by atoms with van der Waals surface area (Å²) in [6.45, 7) is 8.13. The zero-order chi connectivity index (χ0) is 24.1. The van der Waals surface area contributed by atoms with Crippen LogP contribution in [-0.2, 0) is 10.2 Å². The Morgan fingerprint density at radius 3 is 2.74 bits per heavy atom. The number of carbonyl (C=O) groups is 1. The van der Waals surface area contributed by atoms with Gasteiger partial charge in [0, 0.05) is 22.7 Å². The van der Waals surface area contributed by atoms with E-state index in [1.165, 1.54) is 19.3 Å². The second-order valence-corrected chi connectivity index (χ2v) is 9.93. The number of amides is 1. The van der Waals surface area contributed by atoms with E-state index in [0.717, 1.165) is 16.8 Å². The highest BCUT2D eigenvalue weighted by Gasteiger charge is 2.32. The molecule has 0 spiro atoms. The number of anilines is 2. The normalized spacial score (nSPS) is 13.8. The van der Waals surface area contributed by atoms with Gasteiger partial charge >= 0.3 is 0 Å². The summed E-state index contributed by atoms with van der Waals surface area (Å²) in [7, 11) is 0. The van der Waals surface area contributed by atoms with Gasteiger partial charge in [-0.15, -0.1) is 0 Å². The van der Waals surface area contributed by atoms with Gasteiger partial charge in [0.2, 0.25) is 17.7 Å². The van der Waals surface area contributed by atoms with Crippen LogP contribution in [0.5, 0.6) is 5.88 Å². The van der Waals surface area contributed by atoms with Gasteiger partial charge < -0.3 is 10.1 Å². The highest BCUT2D eigenvalue weighted by atomic mass is 32.2. The van der Waals surface area contributed by atoms with Crippen LogP contribution in [0.2, 0.25) is 0 Å². The average molecular weight is 479 g/mol. The SMILES string of the molecule is CCOc1cncc(-c2ccc(NC(=O)C(C)(C)c3ccnc(NSC4CCC4)n3)c(C)c2)n1. The summed E-state index contributed by atoms with van der Waals surface area (Å²) in [4.78, 5) is 30.9. The van der Waals surface area contributed by atoms with Crippen LogP contribution in [0.15, 0.2) is 42.9 Å². The molecule has 1 saturated carbocycles. The molecular formula is C25H30N6O2S. The van der Waals surface area contributed by atoms with Crippen molar-refractivity contribution in [2.24, 2.45) is 0 Å². The maximum atomic E-state index is 13.3. The zero-order valence-corrected chi connectivity index (χ0v) is 20.8. The van der Waals surface area contributed by atoms with Crippen molar-refractivity contribution in [1.82, 2.24) is 19.9 Å². The molecule has 0 bridgehead atoms. The third-order valence-electron chi connectivity index (χ3n) is 5.91. The van der Waals surface area contributed by atoms with E-state index in [9.17, 15) is 4.79 Å². The first-order valence-electron chi connectivity index (χ1n) is 11.5. The molecule has 178 valence electrons. The molecule has 1 fully saturated rings. The third-order valence-corrected chi connectivity index (χ3v) is 7.01. The largest absolute Gasteiger partial charge is 0.477 e. The summed E-state index contributed by atoms with van der Waals surface area (Å²) < 4.78 is 8.68. The molecule has 4 rings (SSSR count). The highest BCUT2D eigenvalue weighted by Crippen LogP contribution is 2.32. The number of carbonyl (C=O) groups excluding carboxylic acids is 1. The molecule has 0 aliphatic heterocycles. The van der Waals surface area contributed by atoms with E-state index >= 15 is 0 Å². The molecule has 0 saturated heterocycles. The summed E-state index contributed by atoms with van der Waals surface area (Å²) in [6.07, 6.45) is 8.69. The lowest BCUT2D eigenvalue weighted by atomic mass is 9.87. The van der Waals surface area contributed by atoms with Crippen LogP contribution < -0.4 is 14.8 Å². The Bertz CT molecular complexity index is 1170. The maximum absolute atomic E-state index is 13.3. The van der Waals surface area contributed by atoms with Gasteiger partial charge in [-0.3, -0.25) is 14.5 Å². The van der Waals surface area contributed by atoms with Crippen LogP contribution in [0.3, 0.4) is 0 Å². The van der Waals surface area contributed by atoms with Crippen LogP contribution >= 0.6 is 11.9 Å². The number of benzene rings is 1. The quantitative estimate of drug-likeness (QED) is 0.406. The van der Waals surface area contributed by atoms with Crippen molar-refractivity contribution in [3.63, 3.8) is 0 Å². The van der Waals surface area contributed by atoms with Crippen molar-refractivity contribution < 1.29 is 9.53 Å². The Hall–Kier alpha value is -3.20. The number of hydrogen-bond donors (Lipinski definition) is 2. The summed E-state index contributed by atoms with van der Waals surface area (Å²) in [5, 5.41) is 3.67. The molecule has 3 aromatic rings. The van der Waals surface area contributed by atoms with Gasteiger partial charge in [0.1, 0.15) is 0 Å². The summed E-state index contributed by atoms with van der Waals surface area (Å²) in [5.41, 5.74) is 3.10. The topological polar surface area (TPSA) is 102 Å². The van der Waals surface area contributed by atoms with E-state index in [2.05, 4.69) is 30.0 Å². The lowest BCUT2D eigenvalue weighted by Crippen LogP contribution is -2.36. The minimum absolute atomic E-state index is 0.141. The first-order chi connectivity index (χ1) is 16.4. The minimum Gasteiger partial charge on any atom is -0.477 e. The predicted molar refractivity (Wildman–Crippen MR) is 136 cm³/mol. The summed E-state index contributed by atoms with van der Waals surface area (Å²) >= 11 is 1.66. The Kier molecular flexibility index (Phi) is 7.31. The third kappa shape index (κ3) is 5.47. The van der Waals surface area contributed by atoms with Crippen molar-refractivity contribution in [3.8, 4) is 17.1 Å². The molecule has 0 unspecified atom stereocenters. The van der Waals surface area contributed by atoms with E-state index < -0.39 is 5.41 Å². The van der Waals surface area contributed by atoms with Crippen LogP contribution in [0.1, 0.15) is 51.3 Å². The van der Waals surface area contributed by atoms with Gasteiger partial charge in [0.05, 0.1) is 35.8 Å². The predicted octanol–water partition coefficient (Wildman–Crippen LogP) is 5.17. The molecular weight excluding hydrogens is 448 g/mol. The van der Waals surface area contributed by atoms with Crippen LogP contribution in [0, 0.1) is 6.92 Å². The number of nitrogens with one attached hydrogen (secondary N) is 2. The number of aryl methyl sites for hydroxylation is 1. The van der Waals surface area contributed by atoms with Gasteiger partial charge in [0.25, 0.3) is 0 Å². The van der Waals surface area contributed by atoms with Gasteiger partial charge in [-0.2, -0.15) is 0 Å². The average Bonchev–Trinajstić information content (AvgIpc) is 2.80. The minimum atomic E-state index is -0.844. The smallest absolute Gasteiger partial charge is 0.236 e. The first kappa shape index (κ1) is 23.9. The van der Waals surface area contributed by atoms with Gasteiger partial charge in [-0.1, -0.05) is 12.5 Å². The molecule has 8 nitrogen and oxygen atoms in total. The molecule has 1 aromatic carbocycles. The molecule has 1 aliphatic carbocycles. The molecule has 0 atom stereocenters. The fourth-order valence-electron chi connectivity index (χ4n) is 3.44. The highest BCUT2D eigenvalue weighted by molar-refractivity contribution is 8.01. The van der Waals surface area contributed by atoms with E-state index in [4.69, 9.17) is 4.74 Å². The standard InChI is InChI=1S/C25H30N6O2S/c1-5-33-22-15-26-14-20(28-22)17-9-10-19(16(2)13-17)29-23(32)25(3,4)21-11-12-27-24(30-21)31-34-18-7-6-8-18/h9-15,18H,5-8H2,1-4H3,(H,29,32)(H,27,30,31). The number of aromatic nitrogens is 4. The van der Waals surface area contributed by atoms with Crippen LogP contribution in [0.4, 0.5) is 11.6 Å². The Balaban J connectivity index is 1.46. The lowest BCUT2D eigenvalue weighted by Gasteiger charge is -2.25. The molecule has 2 aromatic heterocycles. The lowest BCUT2D eigenvalue weighted by molar-refractivity contribution is -0.120. The van der Waals surface area contributed by atoms with Crippen LogP contribution in [0.25, 0.3) is 11.3 Å². The molecule has 9 heteroatoms. The van der Waals surface area contributed by atoms with E-state index in [0.29, 0.717) is 35.1 Å². The number of rotatable bonds is 9. The summed E-state index contributed by atoms with van der Waals surface area (Å²) in [6, 6.07) is 7.57. The van der Waals surface area contributed by atoms with Gasteiger partial charge in [-0.05, 0) is 76.2 Å². The molecule has 2 heterocycles. The van der Waals surface area contributed by atoms with Crippen molar-refractivity contribution in [2.45, 2.75) is 57.6 Å². The molecule has 1 aliphatic rings. The molecule has 1 amide bonds. The number of ether oxygens (including phenoxy) is 1. The van der Waals surface area contributed by atoms with E-state index in [1.54, 1.807) is 36.6 Å². The maximum Gasteiger partial charge on any atom is 0.236 e. The second-order valence-electron chi connectivity index (χ2n) is 8.82. The zero-order valence-electron chi connectivity index (χ0n) is 20.0. The van der Waals surface area contributed by atoms with Crippen molar-refractivity contribution in [1.29, 1.82) is 0 Å². The number of hydrogen-bond acceptors (Lipinski definition) is 8. The van der Waals surface area contributed by atoms with Crippen molar-refractivity contribution in [2.75, 3.05) is 16.6 Å². The van der Waals surface area contributed by atoms with Gasteiger partial charge in [-0.25, -0.2) is 15.0 Å². The molecule has 2 N–H and O–H groups in total. The Morgan fingerprint density at radius 1 is 1.21 bits per heavy atom. The van der Waals surface area contributed by atoms with Crippen LogP contribution in [-0.4, -0.2) is 37.7 Å². The fourth-order valence-corrected chi connectivity index (χ4v) is 4.38. The molecule has 34 heavy (non-hydrogen) atoms. The van der Waals surface area contributed by atoms with Crippen molar-refractivity contribution >= 4 is 29.5 Å². The Labute approximate surface area is 204 Å². The summed E-state index contributed by atoms with van der Waals surface area (Å²) in [5.74, 6) is 0.880. The van der Waals surface area contributed by atoms with E-state index in [1.807, 2.05) is 45.9 Å². The fraction of sp³-hybridized carbons (Fsp3) is 0.400. The monoisotopic (exact) mass is 478 g/mol. The second kappa shape index (κ2) is 10.4. The van der Waals surface area contributed by atoms with Gasteiger partial charge in [0.15, 0.2) is 0 Å². The van der Waals surface area contributed by atoms with Crippen molar-refractivity contribution in [3.05, 3.63) is 54.1 Å². The number of nitrogens with zero attached hydrogens (tertiary/aromatic N) is 4. The van der Waals surface area contributed by atoms with E-state index in [-0.39, 0.29) is 5.91 Å².